The summed E-state index contributed by atoms with van der Waals surface area (Å²) in [5.41, 5.74) is 0. The highest BCUT2D eigenvalue weighted by Gasteiger charge is 2.03. The maximum atomic E-state index is 9.83. The Hall–Kier alpha value is -0.0400. The Morgan fingerprint density at radius 1 is 0.684 bits per heavy atom. The highest BCUT2D eigenvalue weighted by Crippen LogP contribution is 2.13. The Bertz CT molecular complexity index is 156. The van der Waals surface area contributed by atoms with E-state index in [1.165, 1.54) is 70.6 Å². The number of aliphatic hydroxyl groups is 1. The molecule has 115 valence electrons. The Labute approximate surface area is 122 Å². The van der Waals surface area contributed by atoms with Crippen LogP contribution in [-0.4, -0.2) is 11.2 Å². The van der Waals surface area contributed by atoms with E-state index >= 15 is 0 Å². The van der Waals surface area contributed by atoms with Crippen LogP contribution in [0.1, 0.15) is 104 Å². The molecule has 0 amide bonds. The first-order valence-electron chi connectivity index (χ1n) is 8.81. The predicted octanol–water partition coefficient (Wildman–Crippen LogP) is 6.05. The fourth-order valence-corrected chi connectivity index (χ4v) is 2.47. The number of unbranched alkanes of at least 4 members (excludes halogenated alkanes) is 11. The zero-order valence-corrected chi connectivity index (χ0v) is 13.5. The van der Waals surface area contributed by atoms with Crippen LogP contribution in [0.3, 0.4) is 0 Å². The molecule has 1 atom stereocenters. The van der Waals surface area contributed by atoms with Crippen molar-refractivity contribution in [3.63, 3.8) is 0 Å². The van der Waals surface area contributed by atoms with E-state index in [4.69, 9.17) is 0 Å². The molecule has 0 spiro atoms. The van der Waals surface area contributed by atoms with Crippen LogP contribution in [0.5, 0.6) is 0 Å². The van der Waals surface area contributed by atoms with Crippen molar-refractivity contribution in [3.8, 4) is 0 Å². The van der Waals surface area contributed by atoms with E-state index in [1.54, 1.807) is 0 Å². The minimum absolute atomic E-state index is 0.0577. The molecule has 0 bridgehead atoms. The first-order valence-corrected chi connectivity index (χ1v) is 8.81. The first kappa shape index (κ1) is 19.0. The van der Waals surface area contributed by atoms with Gasteiger partial charge in [0.05, 0.1) is 6.10 Å². The van der Waals surface area contributed by atoms with Crippen molar-refractivity contribution in [1.29, 1.82) is 0 Å². The third-order valence-electron chi connectivity index (χ3n) is 3.86. The van der Waals surface area contributed by atoms with Crippen LogP contribution in [-0.2, 0) is 0 Å². The standard InChI is InChI=1S/C18H37O/c1-3-5-7-9-10-11-12-13-15-17-18(19)16-14-8-6-4-2/h13,18-19H,3-12,14-17H2,1-2H3/t18-/m0/s1. The summed E-state index contributed by atoms with van der Waals surface area (Å²) in [6.45, 7) is 4.50. The molecule has 0 aromatic carbocycles. The van der Waals surface area contributed by atoms with Gasteiger partial charge in [0.1, 0.15) is 0 Å². The Morgan fingerprint density at radius 2 is 1.26 bits per heavy atom. The minimum atomic E-state index is -0.0577. The lowest BCUT2D eigenvalue weighted by atomic mass is 10.0. The molecule has 0 aliphatic heterocycles. The molecule has 0 unspecified atom stereocenters. The maximum Gasteiger partial charge on any atom is 0.0540 e. The molecule has 0 fully saturated rings. The fourth-order valence-electron chi connectivity index (χ4n) is 2.47. The number of aliphatic hydroxyl groups excluding tert-OH is 1. The fraction of sp³-hybridized carbons (Fsp3) is 0.944. The molecule has 0 aliphatic rings. The summed E-state index contributed by atoms with van der Waals surface area (Å²) < 4.78 is 0. The van der Waals surface area contributed by atoms with E-state index in [1.807, 2.05) is 0 Å². The van der Waals surface area contributed by atoms with Crippen molar-refractivity contribution >= 4 is 0 Å². The molecule has 0 saturated heterocycles. The molecule has 19 heavy (non-hydrogen) atoms. The van der Waals surface area contributed by atoms with E-state index in [9.17, 15) is 5.11 Å². The zero-order chi connectivity index (χ0) is 14.2. The Balaban J connectivity index is 3.07. The van der Waals surface area contributed by atoms with E-state index < -0.39 is 0 Å². The average molecular weight is 269 g/mol. The van der Waals surface area contributed by atoms with E-state index in [2.05, 4.69) is 20.3 Å². The van der Waals surface area contributed by atoms with Crippen LogP contribution in [0.2, 0.25) is 0 Å². The third kappa shape index (κ3) is 15.9. The third-order valence-corrected chi connectivity index (χ3v) is 3.86. The molecule has 0 aliphatic carbocycles. The number of hydrogen-bond acceptors (Lipinski definition) is 1. The second-order valence-electron chi connectivity index (χ2n) is 5.93. The van der Waals surface area contributed by atoms with Gasteiger partial charge in [0.15, 0.2) is 0 Å². The van der Waals surface area contributed by atoms with Crippen molar-refractivity contribution < 1.29 is 5.11 Å². The molecule has 0 saturated carbocycles. The zero-order valence-electron chi connectivity index (χ0n) is 13.5. The van der Waals surface area contributed by atoms with Crippen molar-refractivity contribution in [2.75, 3.05) is 0 Å². The van der Waals surface area contributed by atoms with Gasteiger partial charge < -0.3 is 5.11 Å². The normalized spacial score (nSPS) is 12.8. The number of hydrogen-bond donors (Lipinski definition) is 1. The molecule has 0 aromatic rings. The van der Waals surface area contributed by atoms with Crippen LogP contribution < -0.4 is 0 Å². The number of rotatable bonds is 15. The Kier molecular flexibility index (Phi) is 16.0. The topological polar surface area (TPSA) is 20.2 Å². The van der Waals surface area contributed by atoms with Crippen LogP contribution in [0.15, 0.2) is 0 Å². The Morgan fingerprint density at radius 3 is 1.95 bits per heavy atom. The van der Waals surface area contributed by atoms with Crippen LogP contribution in [0.4, 0.5) is 0 Å². The summed E-state index contributed by atoms with van der Waals surface area (Å²) in [6.07, 6.45) is 20.0. The first-order chi connectivity index (χ1) is 9.31. The minimum Gasteiger partial charge on any atom is -0.393 e. The summed E-state index contributed by atoms with van der Waals surface area (Å²) >= 11 is 0. The largest absolute Gasteiger partial charge is 0.393 e. The average Bonchev–Trinajstić information content (AvgIpc) is 2.42. The van der Waals surface area contributed by atoms with Gasteiger partial charge in [-0.1, -0.05) is 84.5 Å². The van der Waals surface area contributed by atoms with Gasteiger partial charge in [-0.25, -0.2) is 0 Å². The molecule has 0 heterocycles. The molecule has 1 N–H and O–H groups in total. The van der Waals surface area contributed by atoms with Gasteiger partial charge in [-0.2, -0.15) is 0 Å². The monoisotopic (exact) mass is 269 g/mol. The molecule has 1 nitrogen and oxygen atoms in total. The maximum absolute atomic E-state index is 9.83. The second-order valence-corrected chi connectivity index (χ2v) is 5.93. The van der Waals surface area contributed by atoms with Gasteiger partial charge in [-0.15, -0.1) is 0 Å². The summed E-state index contributed by atoms with van der Waals surface area (Å²) in [5, 5.41) is 9.83. The lowest BCUT2D eigenvalue weighted by Gasteiger charge is -2.09. The van der Waals surface area contributed by atoms with Crippen molar-refractivity contribution in [2.24, 2.45) is 0 Å². The summed E-state index contributed by atoms with van der Waals surface area (Å²) in [4.78, 5) is 0. The van der Waals surface area contributed by atoms with Crippen LogP contribution in [0, 0.1) is 6.42 Å². The predicted molar refractivity (Wildman–Crippen MR) is 86.3 cm³/mol. The molecule has 0 aromatic heterocycles. The second kappa shape index (κ2) is 16.0. The lowest BCUT2D eigenvalue weighted by Crippen LogP contribution is -2.06. The SMILES string of the molecule is CCCCCCCC[CH]CC[C@@H](O)CCCCCC. The quantitative estimate of drug-likeness (QED) is 0.359. The molecule has 0 rings (SSSR count). The van der Waals surface area contributed by atoms with Crippen molar-refractivity contribution in [3.05, 3.63) is 6.42 Å². The highest BCUT2D eigenvalue weighted by molar-refractivity contribution is 4.68. The smallest absolute Gasteiger partial charge is 0.0540 e. The van der Waals surface area contributed by atoms with Gasteiger partial charge in [-0.05, 0) is 25.7 Å². The lowest BCUT2D eigenvalue weighted by molar-refractivity contribution is 0.150. The van der Waals surface area contributed by atoms with Crippen LogP contribution >= 0.6 is 0 Å². The molecular formula is C18H37O. The van der Waals surface area contributed by atoms with Gasteiger partial charge in [0.2, 0.25) is 0 Å². The van der Waals surface area contributed by atoms with Gasteiger partial charge in [0, 0.05) is 0 Å². The van der Waals surface area contributed by atoms with Crippen molar-refractivity contribution in [2.45, 2.75) is 110 Å². The highest BCUT2D eigenvalue weighted by atomic mass is 16.3. The van der Waals surface area contributed by atoms with Crippen LogP contribution in [0.25, 0.3) is 0 Å². The van der Waals surface area contributed by atoms with Gasteiger partial charge in [0.25, 0.3) is 0 Å². The molecule has 1 radical (unpaired) electrons. The van der Waals surface area contributed by atoms with E-state index in [0.717, 1.165) is 19.3 Å². The summed E-state index contributed by atoms with van der Waals surface area (Å²) in [6, 6.07) is 0. The molecule has 1 heteroatoms. The van der Waals surface area contributed by atoms with Gasteiger partial charge in [-0.3, -0.25) is 0 Å². The van der Waals surface area contributed by atoms with Crippen molar-refractivity contribution in [1.82, 2.24) is 0 Å². The van der Waals surface area contributed by atoms with E-state index in [-0.39, 0.29) is 6.10 Å². The summed E-state index contributed by atoms with van der Waals surface area (Å²) in [7, 11) is 0. The van der Waals surface area contributed by atoms with E-state index in [0.29, 0.717) is 0 Å². The summed E-state index contributed by atoms with van der Waals surface area (Å²) in [5.74, 6) is 0. The molecular weight excluding hydrogens is 232 g/mol. The van der Waals surface area contributed by atoms with Gasteiger partial charge >= 0.3 is 0 Å².